The van der Waals surface area contributed by atoms with Crippen molar-refractivity contribution in [2.24, 2.45) is 0 Å². The van der Waals surface area contributed by atoms with Crippen LogP contribution in [0.5, 0.6) is 0 Å². The van der Waals surface area contributed by atoms with Gasteiger partial charge >= 0.3 is 0 Å². The smallest absolute Gasteiger partial charge is 0.280 e. The second-order valence-electron chi connectivity index (χ2n) is 4.24. The van der Waals surface area contributed by atoms with Gasteiger partial charge < -0.3 is 19.5 Å². The molecule has 0 aromatic rings. The van der Waals surface area contributed by atoms with E-state index in [1.807, 2.05) is 0 Å². The predicted molar refractivity (Wildman–Crippen MR) is 51.9 cm³/mol. The van der Waals surface area contributed by atoms with Gasteiger partial charge in [-0.1, -0.05) is 6.58 Å². The molecule has 0 saturated carbocycles. The van der Waals surface area contributed by atoms with Gasteiger partial charge in [-0.2, -0.15) is 0 Å². The first-order valence-electron chi connectivity index (χ1n) is 4.85. The largest absolute Gasteiger partial charge is 0.340 e. The molecule has 3 aliphatic heterocycles. The van der Waals surface area contributed by atoms with Crippen LogP contribution < -0.4 is 5.32 Å². The van der Waals surface area contributed by atoms with Crippen molar-refractivity contribution >= 4 is 5.91 Å². The number of carbonyl (C=O) groups excluding carboxylic acids is 1. The summed E-state index contributed by atoms with van der Waals surface area (Å²) >= 11 is 0. The average molecular weight is 213 g/mol. The zero-order valence-electron chi connectivity index (χ0n) is 8.96. The van der Waals surface area contributed by atoms with Gasteiger partial charge in [-0.15, -0.1) is 0 Å². The minimum absolute atomic E-state index is 0.198. The molecule has 1 amide bonds. The SMILES string of the molecule is C=C(C)C(=O)NC12COC(C)(OC1)OC2. The molecular weight excluding hydrogens is 198 g/mol. The first kappa shape index (κ1) is 10.6. The van der Waals surface area contributed by atoms with Crippen molar-refractivity contribution in [2.75, 3.05) is 19.8 Å². The number of amides is 1. The fourth-order valence-corrected chi connectivity index (χ4v) is 1.51. The Hall–Kier alpha value is -0.910. The molecule has 3 heterocycles. The zero-order valence-corrected chi connectivity index (χ0v) is 8.96. The Morgan fingerprint density at radius 2 is 1.73 bits per heavy atom. The maximum absolute atomic E-state index is 11.5. The molecular formula is C10H15NO4. The maximum Gasteiger partial charge on any atom is 0.280 e. The van der Waals surface area contributed by atoms with Gasteiger partial charge in [0.1, 0.15) is 5.54 Å². The monoisotopic (exact) mass is 213 g/mol. The van der Waals surface area contributed by atoms with E-state index in [9.17, 15) is 4.79 Å². The summed E-state index contributed by atoms with van der Waals surface area (Å²) in [5.74, 6) is -1.13. The van der Waals surface area contributed by atoms with Crippen LogP contribution in [0.25, 0.3) is 0 Å². The van der Waals surface area contributed by atoms with E-state index in [-0.39, 0.29) is 5.91 Å². The van der Waals surface area contributed by atoms with Crippen molar-refractivity contribution in [3.63, 3.8) is 0 Å². The number of carbonyl (C=O) groups is 1. The summed E-state index contributed by atoms with van der Waals surface area (Å²) < 4.78 is 16.1. The van der Waals surface area contributed by atoms with Crippen LogP contribution in [0.4, 0.5) is 0 Å². The second-order valence-corrected chi connectivity index (χ2v) is 4.24. The molecule has 1 N–H and O–H groups in total. The Balaban J connectivity index is 2.04. The van der Waals surface area contributed by atoms with E-state index in [0.29, 0.717) is 25.4 Å². The van der Waals surface area contributed by atoms with Crippen LogP contribution >= 0.6 is 0 Å². The standard InChI is InChI=1S/C10H15NO4/c1-7(2)8(12)11-10-4-13-9(3,14-5-10)15-6-10/h1,4-6H2,2-3H3,(H,11,12). The molecule has 0 aromatic carbocycles. The fourth-order valence-electron chi connectivity index (χ4n) is 1.51. The van der Waals surface area contributed by atoms with Gasteiger partial charge in [-0.3, -0.25) is 4.79 Å². The molecule has 3 fully saturated rings. The Bertz CT molecular complexity index is 288. The Kier molecular flexibility index (Phi) is 2.33. The van der Waals surface area contributed by atoms with Crippen LogP contribution in [0.15, 0.2) is 12.2 Å². The Labute approximate surface area is 88.4 Å². The lowest BCUT2D eigenvalue weighted by atomic mass is 10.00. The third kappa shape index (κ3) is 1.90. The summed E-state index contributed by atoms with van der Waals surface area (Å²) in [6, 6.07) is 0. The maximum atomic E-state index is 11.5. The average Bonchev–Trinajstić information content (AvgIpc) is 2.20. The van der Waals surface area contributed by atoms with Crippen LogP contribution in [-0.2, 0) is 19.0 Å². The number of rotatable bonds is 2. The van der Waals surface area contributed by atoms with Gasteiger partial charge in [0.05, 0.1) is 19.8 Å². The minimum Gasteiger partial charge on any atom is -0.340 e. The normalized spacial score (nSPS) is 38.8. The lowest BCUT2D eigenvalue weighted by Gasteiger charge is -2.50. The summed E-state index contributed by atoms with van der Waals surface area (Å²) in [5.41, 5.74) is -0.100. The van der Waals surface area contributed by atoms with Crippen LogP contribution in [-0.4, -0.2) is 37.2 Å². The van der Waals surface area contributed by atoms with E-state index in [1.54, 1.807) is 13.8 Å². The summed E-state index contributed by atoms with van der Waals surface area (Å²) in [4.78, 5) is 11.5. The van der Waals surface area contributed by atoms with Crippen molar-refractivity contribution in [3.05, 3.63) is 12.2 Å². The van der Waals surface area contributed by atoms with Gasteiger partial charge in [-0.25, -0.2) is 0 Å². The van der Waals surface area contributed by atoms with Crippen molar-refractivity contribution in [1.82, 2.24) is 5.32 Å². The lowest BCUT2D eigenvalue weighted by molar-refractivity contribution is -0.445. The number of fused-ring (bicyclic) bond motifs is 3. The van der Waals surface area contributed by atoms with Crippen LogP contribution in [0.3, 0.4) is 0 Å². The minimum atomic E-state index is -0.935. The van der Waals surface area contributed by atoms with Crippen molar-refractivity contribution in [3.8, 4) is 0 Å². The van der Waals surface area contributed by atoms with Gasteiger partial charge in [0, 0.05) is 12.5 Å². The highest BCUT2D eigenvalue weighted by Crippen LogP contribution is 2.32. The topological polar surface area (TPSA) is 56.8 Å². The van der Waals surface area contributed by atoms with Gasteiger partial charge in [0.2, 0.25) is 5.91 Å². The van der Waals surface area contributed by atoms with Gasteiger partial charge in [0.25, 0.3) is 5.97 Å². The third-order valence-corrected chi connectivity index (χ3v) is 2.60. The second kappa shape index (κ2) is 3.30. The summed E-state index contributed by atoms with van der Waals surface area (Å²) in [6.45, 7) is 8.17. The first-order chi connectivity index (χ1) is 6.95. The molecule has 2 bridgehead atoms. The molecule has 0 aromatic heterocycles. The van der Waals surface area contributed by atoms with Gasteiger partial charge in [-0.05, 0) is 6.92 Å². The van der Waals surface area contributed by atoms with Crippen molar-refractivity contribution in [2.45, 2.75) is 25.4 Å². The Morgan fingerprint density at radius 1 is 1.27 bits per heavy atom. The molecule has 0 spiro atoms. The molecule has 3 rings (SSSR count). The molecule has 3 saturated heterocycles. The lowest BCUT2D eigenvalue weighted by Crippen LogP contribution is -2.69. The number of ether oxygens (including phenoxy) is 3. The number of nitrogens with one attached hydrogen (secondary N) is 1. The van der Waals surface area contributed by atoms with Crippen LogP contribution in [0, 0.1) is 0 Å². The fraction of sp³-hybridized carbons (Fsp3) is 0.700. The van der Waals surface area contributed by atoms with E-state index in [1.165, 1.54) is 0 Å². The van der Waals surface area contributed by atoms with E-state index in [4.69, 9.17) is 14.2 Å². The first-order valence-corrected chi connectivity index (χ1v) is 4.85. The molecule has 3 aliphatic rings. The highest BCUT2D eigenvalue weighted by atomic mass is 16.9. The highest BCUT2D eigenvalue weighted by Gasteiger charge is 2.50. The zero-order chi connectivity index (χ0) is 11.1. The molecule has 0 radical (unpaired) electrons. The van der Waals surface area contributed by atoms with E-state index in [0.717, 1.165) is 0 Å². The predicted octanol–water partition coefficient (Wildman–Crippen LogP) is 0.168. The third-order valence-electron chi connectivity index (χ3n) is 2.60. The van der Waals surface area contributed by atoms with Gasteiger partial charge in [0.15, 0.2) is 0 Å². The molecule has 0 atom stereocenters. The Morgan fingerprint density at radius 3 is 2.13 bits per heavy atom. The summed E-state index contributed by atoms with van der Waals surface area (Å²) in [6.07, 6.45) is 0. The molecule has 84 valence electrons. The van der Waals surface area contributed by atoms with E-state index < -0.39 is 11.5 Å². The van der Waals surface area contributed by atoms with E-state index in [2.05, 4.69) is 11.9 Å². The van der Waals surface area contributed by atoms with E-state index >= 15 is 0 Å². The molecule has 15 heavy (non-hydrogen) atoms. The van der Waals surface area contributed by atoms with Crippen molar-refractivity contribution in [1.29, 1.82) is 0 Å². The van der Waals surface area contributed by atoms with Crippen molar-refractivity contribution < 1.29 is 19.0 Å². The summed E-state index contributed by atoms with van der Waals surface area (Å²) in [5, 5.41) is 2.82. The molecule has 5 nitrogen and oxygen atoms in total. The quantitative estimate of drug-likeness (QED) is 0.664. The molecule has 5 heteroatoms. The molecule has 0 aliphatic carbocycles. The van der Waals surface area contributed by atoms with Crippen LogP contribution in [0.1, 0.15) is 13.8 Å². The number of hydrogen-bond donors (Lipinski definition) is 1. The molecule has 0 unspecified atom stereocenters. The summed E-state index contributed by atoms with van der Waals surface area (Å²) in [7, 11) is 0. The highest BCUT2D eigenvalue weighted by molar-refractivity contribution is 5.92. The number of hydrogen-bond acceptors (Lipinski definition) is 4. The van der Waals surface area contributed by atoms with Crippen LogP contribution in [0.2, 0.25) is 0 Å².